The van der Waals surface area contributed by atoms with Gasteiger partial charge >= 0.3 is 5.97 Å². The molecule has 0 aliphatic carbocycles. The molecule has 35 heavy (non-hydrogen) atoms. The summed E-state index contributed by atoms with van der Waals surface area (Å²) in [5, 5.41) is 0. The van der Waals surface area contributed by atoms with Gasteiger partial charge in [0.25, 0.3) is 0 Å². The van der Waals surface area contributed by atoms with E-state index in [-0.39, 0.29) is 16.9 Å². The Bertz CT molecular complexity index is 1140. The normalized spacial score (nSPS) is 18.0. The minimum atomic E-state index is -3.76. The first-order valence-corrected chi connectivity index (χ1v) is 14.2. The Morgan fingerprint density at radius 1 is 1.17 bits per heavy atom. The third-order valence-corrected chi connectivity index (χ3v) is 9.72. The van der Waals surface area contributed by atoms with Crippen molar-refractivity contribution in [2.75, 3.05) is 32.7 Å². The van der Waals surface area contributed by atoms with Crippen molar-refractivity contribution in [1.29, 1.82) is 0 Å². The van der Waals surface area contributed by atoms with E-state index in [4.69, 9.17) is 9.47 Å². The third kappa shape index (κ3) is 5.78. The summed E-state index contributed by atoms with van der Waals surface area (Å²) in [6.45, 7) is 6.23. The molecule has 0 saturated heterocycles. The van der Waals surface area contributed by atoms with E-state index in [0.717, 1.165) is 24.9 Å². The van der Waals surface area contributed by atoms with Crippen LogP contribution in [0.3, 0.4) is 0 Å². The summed E-state index contributed by atoms with van der Waals surface area (Å²) in [7, 11) is 0.852. The Kier molecular flexibility index (Phi) is 8.77. The lowest BCUT2D eigenvalue weighted by molar-refractivity contribution is -0.142. The van der Waals surface area contributed by atoms with E-state index >= 15 is 0 Å². The van der Waals surface area contributed by atoms with Crippen molar-refractivity contribution in [2.24, 2.45) is 0 Å². The fourth-order valence-corrected chi connectivity index (χ4v) is 6.76. The van der Waals surface area contributed by atoms with Gasteiger partial charge in [-0.1, -0.05) is 38.0 Å². The van der Waals surface area contributed by atoms with Crippen LogP contribution in [0.4, 0.5) is 11.4 Å². The maximum absolute atomic E-state index is 13.9. The van der Waals surface area contributed by atoms with Crippen LogP contribution in [-0.2, 0) is 25.3 Å². The largest absolute Gasteiger partial charge is 0.496 e. The van der Waals surface area contributed by atoms with E-state index in [1.807, 2.05) is 36.4 Å². The summed E-state index contributed by atoms with van der Waals surface area (Å²) >= 11 is 1.38. The molecule has 1 heterocycles. The zero-order valence-corrected chi connectivity index (χ0v) is 23.0. The van der Waals surface area contributed by atoms with Gasteiger partial charge < -0.3 is 14.4 Å². The molecule has 7 nitrogen and oxygen atoms in total. The van der Waals surface area contributed by atoms with Crippen molar-refractivity contribution in [3.8, 4) is 5.75 Å². The van der Waals surface area contributed by atoms with Gasteiger partial charge in [0.2, 0.25) is 10.0 Å². The zero-order valence-electron chi connectivity index (χ0n) is 21.4. The average Bonchev–Trinajstić information content (AvgIpc) is 2.93. The lowest BCUT2D eigenvalue weighted by Crippen LogP contribution is -2.40. The van der Waals surface area contributed by atoms with E-state index in [1.165, 1.54) is 23.2 Å². The van der Waals surface area contributed by atoms with E-state index in [1.54, 1.807) is 34.1 Å². The SMILES string of the molecule is CCCCC1CN(c2ccccc2)c2cc(OC)c(CSC(C)(C)C(=O)OC)cc2S(=O)(=O)N1C. The van der Waals surface area contributed by atoms with Gasteiger partial charge in [-0.25, -0.2) is 8.42 Å². The number of unbranched alkanes of at least 4 members (excludes halogenated alkanes) is 1. The second kappa shape index (κ2) is 11.2. The summed E-state index contributed by atoms with van der Waals surface area (Å²) < 4.78 is 39.1. The number of sulfonamides is 1. The molecule has 192 valence electrons. The summed E-state index contributed by atoms with van der Waals surface area (Å²) in [5.41, 5.74) is 2.24. The molecule has 0 amide bonds. The van der Waals surface area contributed by atoms with Crippen molar-refractivity contribution in [3.63, 3.8) is 0 Å². The van der Waals surface area contributed by atoms with E-state index in [0.29, 0.717) is 29.3 Å². The molecule has 3 rings (SSSR count). The second-order valence-electron chi connectivity index (χ2n) is 9.19. The zero-order chi connectivity index (χ0) is 25.8. The Labute approximate surface area is 213 Å². The molecule has 0 saturated carbocycles. The monoisotopic (exact) mass is 520 g/mol. The maximum atomic E-state index is 13.9. The van der Waals surface area contributed by atoms with Crippen LogP contribution in [0.5, 0.6) is 5.75 Å². The number of methoxy groups -OCH3 is 2. The van der Waals surface area contributed by atoms with Gasteiger partial charge in [0.05, 0.1) is 19.9 Å². The number of hydrogen-bond donors (Lipinski definition) is 0. The second-order valence-corrected chi connectivity index (χ2v) is 12.7. The smallest absolute Gasteiger partial charge is 0.321 e. The van der Waals surface area contributed by atoms with Gasteiger partial charge in [-0.2, -0.15) is 4.31 Å². The molecule has 0 radical (unpaired) electrons. The molecule has 1 aliphatic heterocycles. The van der Waals surface area contributed by atoms with Crippen LogP contribution in [-0.4, -0.2) is 57.3 Å². The minimum Gasteiger partial charge on any atom is -0.496 e. The lowest BCUT2D eigenvalue weighted by atomic mass is 10.1. The topological polar surface area (TPSA) is 76.1 Å². The van der Waals surface area contributed by atoms with E-state index in [2.05, 4.69) is 11.8 Å². The number of anilines is 2. The standard InChI is InChI=1S/C26H36N2O5S2/c1-7-8-12-21-17-28(20-13-10-9-11-14-20)22-16-23(32-5)19(15-24(22)35(30,31)27(21)4)18-34-26(2,3)25(29)33-6/h9-11,13-16,21H,7-8,12,17-18H2,1-6H3. The first-order chi connectivity index (χ1) is 16.6. The molecule has 1 atom stereocenters. The Morgan fingerprint density at radius 3 is 2.46 bits per heavy atom. The molecule has 1 unspecified atom stereocenters. The van der Waals surface area contributed by atoms with Crippen LogP contribution in [0, 0.1) is 0 Å². The van der Waals surface area contributed by atoms with Gasteiger partial charge in [0.15, 0.2) is 0 Å². The predicted octanol–water partition coefficient (Wildman–Crippen LogP) is 5.21. The molecule has 0 spiro atoms. The number of fused-ring (bicyclic) bond motifs is 1. The van der Waals surface area contributed by atoms with Crippen LogP contribution in [0.25, 0.3) is 0 Å². The molecule has 0 aromatic heterocycles. The number of para-hydroxylation sites is 1. The highest BCUT2D eigenvalue weighted by molar-refractivity contribution is 8.00. The number of carbonyl (C=O) groups excluding carboxylic acids is 1. The summed E-state index contributed by atoms with van der Waals surface area (Å²) in [4.78, 5) is 14.5. The molecule has 0 bridgehead atoms. The lowest BCUT2D eigenvalue weighted by Gasteiger charge is -2.29. The summed E-state index contributed by atoms with van der Waals surface area (Å²) in [5.74, 6) is 0.642. The summed E-state index contributed by atoms with van der Waals surface area (Å²) in [6, 6.07) is 13.2. The van der Waals surface area contributed by atoms with Crippen molar-refractivity contribution in [3.05, 3.63) is 48.0 Å². The number of hydrogen-bond acceptors (Lipinski definition) is 7. The first kappa shape index (κ1) is 27.4. The molecule has 9 heteroatoms. The molecule has 1 aliphatic rings. The van der Waals surface area contributed by atoms with Crippen LogP contribution >= 0.6 is 11.8 Å². The minimum absolute atomic E-state index is 0.172. The number of likely N-dealkylation sites (N-methyl/N-ethyl adjacent to an activating group) is 1. The quantitative estimate of drug-likeness (QED) is 0.420. The van der Waals surface area contributed by atoms with Gasteiger partial charge in [0.1, 0.15) is 15.4 Å². The fourth-order valence-electron chi connectivity index (χ4n) is 4.22. The van der Waals surface area contributed by atoms with Crippen molar-refractivity contribution in [1.82, 2.24) is 4.31 Å². The van der Waals surface area contributed by atoms with Gasteiger partial charge in [-0.15, -0.1) is 11.8 Å². The number of esters is 1. The number of thioether (sulfide) groups is 1. The highest BCUT2D eigenvalue weighted by Crippen LogP contribution is 2.43. The maximum Gasteiger partial charge on any atom is 0.321 e. The van der Waals surface area contributed by atoms with Gasteiger partial charge in [-0.05, 0) is 38.5 Å². The molecule has 2 aromatic rings. The van der Waals surface area contributed by atoms with Crippen LogP contribution in [0.1, 0.15) is 45.6 Å². The van der Waals surface area contributed by atoms with Crippen molar-refractivity contribution < 1.29 is 22.7 Å². The van der Waals surface area contributed by atoms with Gasteiger partial charge in [0, 0.05) is 42.7 Å². The Balaban J connectivity index is 2.15. The molecule has 2 aromatic carbocycles. The number of ether oxygens (including phenoxy) is 2. The van der Waals surface area contributed by atoms with Gasteiger partial charge in [-0.3, -0.25) is 4.79 Å². The van der Waals surface area contributed by atoms with Crippen LogP contribution in [0.2, 0.25) is 0 Å². The van der Waals surface area contributed by atoms with Crippen molar-refractivity contribution >= 4 is 39.1 Å². The predicted molar refractivity (Wildman–Crippen MR) is 142 cm³/mol. The first-order valence-electron chi connectivity index (χ1n) is 11.8. The Hall–Kier alpha value is -2.23. The van der Waals surface area contributed by atoms with E-state index < -0.39 is 14.8 Å². The van der Waals surface area contributed by atoms with Crippen LogP contribution in [0.15, 0.2) is 47.4 Å². The molecular weight excluding hydrogens is 484 g/mol. The van der Waals surface area contributed by atoms with E-state index in [9.17, 15) is 13.2 Å². The van der Waals surface area contributed by atoms with Crippen LogP contribution < -0.4 is 9.64 Å². The summed E-state index contributed by atoms with van der Waals surface area (Å²) in [6.07, 6.45) is 2.71. The third-order valence-electron chi connectivity index (χ3n) is 6.44. The fraction of sp³-hybridized carbons (Fsp3) is 0.500. The molecule has 0 fully saturated rings. The Morgan fingerprint density at radius 2 is 1.86 bits per heavy atom. The number of rotatable bonds is 9. The number of benzene rings is 2. The highest BCUT2D eigenvalue weighted by atomic mass is 32.2. The molecule has 0 N–H and O–H groups in total. The number of carbonyl (C=O) groups is 1. The highest BCUT2D eigenvalue weighted by Gasteiger charge is 2.38. The molecular formula is C26H36N2O5S2. The van der Waals surface area contributed by atoms with Crippen molar-refractivity contribution in [2.45, 2.75) is 61.5 Å². The number of nitrogens with zero attached hydrogens (tertiary/aromatic N) is 2. The average molecular weight is 521 g/mol.